The van der Waals surface area contributed by atoms with E-state index in [9.17, 15) is 9.59 Å². The summed E-state index contributed by atoms with van der Waals surface area (Å²) in [5, 5.41) is 0. The summed E-state index contributed by atoms with van der Waals surface area (Å²) in [4.78, 5) is 24.9. The van der Waals surface area contributed by atoms with Crippen LogP contribution < -0.4 is 0 Å². The molecule has 0 aromatic heterocycles. The Kier molecular flexibility index (Phi) is 6.55. The van der Waals surface area contributed by atoms with Gasteiger partial charge >= 0.3 is 0 Å². The largest absolute Gasteiger partial charge is 0.412 e. The van der Waals surface area contributed by atoms with Crippen molar-refractivity contribution in [1.29, 1.82) is 0 Å². The van der Waals surface area contributed by atoms with Gasteiger partial charge in [0.05, 0.1) is 6.04 Å². The fraction of sp³-hybridized carbons (Fsp3) is 0.571. The molecule has 1 heterocycles. The van der Waals surface area contributed by atoms with E-state index in [-0.39, 0.29) is 23.2 Å². The van der Waals surface area contributed by atoms with E-state index >= 15 is 0 Å². The second-order valence-corrected chi connectivity index (χ2v) is 4.18. The highest BCUT2D eigenvalue weighted by Gasteiger charge is 2.33. The number of nitrogens with zero attached hydrogens (tertiary/aromatic N) is 1. The fourth-order valence-electron chi connectivity index (χ4n) is 2.06. The number of Topliss-reactive ketones (excluding diaryl/α,β-unsaturated/α-hetero) is 1. The van der Waals surface area contributed by atoms with Gasteiger partial charge in [-0.2, -0.15) is 0 Å². The van der Waals surface area contributed by atoms with Crippen molar-refractivity contribution in [2.75, 3.05) is 6.54 Å². The fourth-order valence-corrected chi connectivity index (χ4v) is 2.06. The zero-order chi connectivity index (χ0) is 13.0. The minimum Gasteiger partial charge on any atom is -0.412 e. The predicted octanol–water partition coefficient (Wildman–Crippen LogP) is 1.65. The Hall–Kier alpha value is -1.42. The number of rotatable bonds is 2. The van der Waals surface area contributed by atoms with Crippen molar-refractivity contribution >= 4 is 11.7 Å². The summed E-state index contributed by atoms with van der Waals surface area (Å²) in [6.07, 6.45) is 5.89. The molecule has 1 atom stereocenters. The summed E-state index contributed by atoms with van der Waals surface area (Å²) in [5.41, 5.74) is 2.00. The summed E-state index contributed by atoms with van der Waals surface area (Å²) >= 11 is 0. The van der Waals surface area contributed by atoms with Crippen LogP contribution in [-0.2, 0) is 9.59 Å². The van der Waals surface area contributed by atoms with E-state index in [0.29, 0.717) is 6.54 Å². The molecular weight excluding hydrogens is 230 g/mol. The lowest BCUT2D eigenvalue weighted by Crippen LogP contribution is -2.40. The summed E-state index contributed by atoms with van der Waals surface area (Å²) in [7, 11) is 0. The molecular formula is C14H23NO3. The average Bonchev–Trinajstić information content (AvgIpc) is 2.69. The quantitative estimate of drug-likeness (QED) is 0.751. The Morgan fingerprint density at radius 1 is 1.39 bits per heavy atom. The van der Waals surface area contributed by atoms with Crippen LogP contribution in [0.3, 0.4) is 0 Å². The number of amides is 1. The minimum atomic E-state index is -0.295. The number of carbonyl (C=O) groups is 2. The molecule has 4 nitrogen and oxygen atoms in total. The molecule has 0 fully saturated rings. The van der Waals surface area contributed by atoms with Gasteiger partial charge in [-0.15, -0.1) is 0 Å². The standard InChI is InChI=1S/C12H15NO2.C2H6.H2O/c1-8(9(2)14)13-7-10-5-3-4-6-11(10)12(13)15;1-2;/h4,6,8H,3,5,7H2,1-2H3;1-2H3;1H2. The first-order valence-corrected chi connectivity index (χ1v) is 6.31. The second kappa shape index (κ2) is 7.11. The van der Waals surface area contributed by atoms with Gasteiger partial charge in [0.15, 0.2) is 5.78 Å². The topological polar surface area (TPSA) is 68.9 Å². The lowest BCUT2D eigenvalue weighted by molar-refractivity contribution is -0.133. The molecule has 0 aromatic rings. The lowest BCUT2D eigenvalue weighted by atomic mass is 10.0. The third-order valence-corrected chi connectivity index (χ3v) is 3.19. The van der Waals surface area contributed by atoms with Crippen molar-refractivity contribution in [2.24, 2.45) is 0 Å². The molecule has 0 saturated carbocycles. The number of carbonyl (C=O) groups excluding carboxylic acids is 2. The van der Waals surface area contributed by atoms with E-state index in [4.69, 9.17) is 0 Å². The first-order chi connectivity index (χ1) is 8.11. The van der Waals surface area contributed by atoms with Crippen LogP contribution in [0.15, 0.2) is 23.3 Å². The van der Waals surface area contributed by atoms with Gasteiger partial charge in [0, 0.05) is 12.1 Å². The summed E-state index contributed by atoms with van der Waals surface area (Å²) < 4.78 is 0. The van der Waals surface area contributed by atoms with Crippen LogP contribution in [0.2, 0.25) is 0 Å². The van der Waals surface area contributed by atoms with E-state index < -0.39 is 0 Å². The Labute approximate surface area is 109 Å². The van der Waals surface area contributed by atoms with Gasteiger partial charge < -0.3 is 10.4 Å². The molecule has 2 aliphatic rings. The molecule has 1 unspecified atom stereocenters. The Bertz CT molecular complexity index is 383. The maximum atomic E-state index is 12.0. The van der Waals surface area contributed by atoms with Gasteiger partial charge in [0.1, 0.15) is 0 Å². The zero-order valence-electron chi connectivity index (χ0n) is 11.6. The molecule has 0 saturated heterocycles. The third kappa shape index (κ3) is 3.07. The number of hydrogen-bond acceptors (Lipinski definition) is 2. The van der Waals surface area contributed by atoms with Crippen LogP contribution in [0, 0.1) is 0 Å². The summed E-state index contributed by atoms with van der Waals surface area (Å²) in [6.45, 7) is 7.97. The molecule has 0 bridgehead atoms. The van der Waals surface area contributed by atoms with Crippen LogP contribution in [0.1, 0.15) is 40.5 Å². The number of allylic oxidation sites excluding steroid dienone is 1. The SMILES string of the molecule is CC.CC(=O)C(C)N1CC2=C(C=CCC2)C1=O.O. The van der Waals surface area contributed by atoms with Crippen molar-refractivity contribution in [3.05, 3.63) is 23.3 Å². The van der Waals surface area contributed by atoms with Crippen molar-refractivity contribution in [2.45, 2.75) is 46.6 Å². The van der Waals surface area contributed by atoms with E-state index in [2.05, 4.69) is 0 Å². The number of hydrogen-bond donors (Lipinski definition) is 0. The maximum Gasteiger partial charge on any atom is 0.254 e. The molecule has 2 rings (SSSR count). The molecule has 4 heteroatoms. The van der Waals surface area contributed by atoms with Crippen LogP contribution in [0.5, 0.6) is 0 Å². The number of ketones is 1. The van der Waals surface area contributed by atoms with Crippen molar-refractivity contribution in [1.82, 2.24) is 4.90 Å². The molecule has 1 aliphatic heterocycles. The predicted molar refractivity (Wildman–Crippen MR) is 72.2 cm³/mol. The zero-order valence-corrected chi connectivity index (χ0v) is 11.6. The van der Waals surface area contributed by atoms with E-state index in [1.165, 1.54) is 12.5 Å². The van der Waals surface area contributed by atoms with Crippen LogP contribution in [0.4, 0.5) is 0 Å². The molecule has 0 spiro atoms. The maximum absolute atomic E-state index is 12.0. The summed E-state index contributed by atoms with van der Waals surface area (Å²) in [6, 6.07) is -0.295. The highest BCUT2D eigenvalue weighted by Crippen LogP contribution is 2.28. The van der Waals surface area contributed by atoms with Gasteiger partial charge in [-0.25, -0.2) is 0 Å². The van der Waals surface area contributed by atoms with Crippen LogP contribution in [-0.4, -0.2) is 34.7 Å². The first-order valence-electron chi connectivity index (χ1n) is 6.31. The Morgan fingerprint density at radius 2 is 2.00 bits per heavy atom. The van der Waals surface area contributed by atoms with Gasteiger partial charge in [-0.1, -0.05) is 26.0 Å². The molecule has 1 amide bonds. The minimum absolute atomic E-state index is 0. The van der Waals surface area contributed by atoms with Crippen LogP contribution in [0.25, 0.3) is 0 Å². The highest BCUT2D eigenvalue weighted by molar-refractivity contribution is 6.02. The van der Waals surface area contributed by atoms with Gasteiger partial charge in [0.25, 0.3) is 5.91 Å². The monoisotopic (exact) mass is 253 g/mol. The highest BCUT2D eigenvalue weighted by atomic mass is 16.2. The molecule has 18 heavy (non-hydrogen) atoms. The van der Waals surface area contributed by atoms with Crippen molar-refractivity contribution in [3.8, 4) is 0 Å². The third-order valence-electron chi connectivity index (χ3n) is 3.19. The average molecular weight is 253 g/mol. The van der Waals surface area contributed by atoms with Crippen LogP contribution >= 0.6 is 0 Å². The molecule has 0 aromatic carbocycles. The molecule has 102 valence electrons. The second-order valence-electron chi connectivity index (χ2n) is 4.18. The van der Waals surface area contributed by atoms with Gasteiger partial charge in [-0.3, -0.25) is 9.59 Å². The summed E-state index contributed by atoms with van der Waals surface area (Å²) in [5.74, 6) is 0.0656. The van der Waals surface area contributed by atoms with Gasteiger partial charge in [0.2, 0.25) is 0 Å². The van der Waals surface area contributed by atoms with E-state index in [1.54, 1.807) is 11.8 Å². The normalized spacial score (nSPS) is 18.7. The van der Waals surface area contributed by atoms with E-state index in [1.807, 2.05) is 26.0 Å². The van der Waals surface area contributed by atoms with Crippen molar-refractivity contribution < 1.29 is 15.1 Å². The Balaban J connectivity index is 0.000000917. The molecule has 2 N–H and O–H groups in total. The molecule has 0 radical (unpaired) electrons. The van der Waals surface area contributed by atoms with Gasteiger partial charge in [-0.05, 0) is 32.3 Å². The smallest absolute Gasteiger partial charge is 0.254 e. The lowest BCUT2D eigenvalue weighted by Gasteiger charge is -2.22. The Morgan fingerprint density at radius 3 is 2.50 bits per heavy atom. The molecule has 1 aliphatic carbocycles. The van der Waals surface area contributed by atoms with Crippen molar-refractivity contribution in [3.63, 3.8) is 0 Å². The first kappa shape index (κ1) is 16.6. The van der Waals surface area contributed by atoms with E-state index in [0.717, 1.165) is 18.4 Å².